The Morgan fingerprint density at radius 2 is 2.06 bits per heavy atom. The van der Waals surface area contributed by atoms with E-state index >= 15 is 0 Å². The molecule has 0 aliphatic heterocycles. The van der Waals surface area contributed by atoms with Crippen LogP contribution in [0.5, 0.6) is 0 Å². The Morgan fingerprint density at radius 3 is 2.61 bits per heavy atom. The fourth-order valence-electron chi connectivity index (χ4n) is 1.16. The van der Waals surface area contributed by atoms with Crippen molar-refractivity contribution in [3.63, 3.8) is 0 Å². The summed E-state index contributed by atoms with van der Waals surface area (Å²) in [7, 11) is 0. The fourth-order valence-corrected chi connectivity index (χ4v) is 1.49. The summed E-state index contributed by atoms with van der Waals surface area (Å²) in [4.78, 5) is 22.9. The number of carbonyl (C=O) groups is 2. The van der Waals surface area contributed by atoms with Crippen LogP contribution in [0, 0.1) is 5.82 Å². The summed E-state index contributed by atoms with van der Waals surface area (Å²) >= 11 is 3.10. The highest BCUT2D eigenvalue weighted by molar-refractivity contribution is 9.10. The van der Waals surface area contributed by atoms with Gasteiger partial charge in [0.1, 0.15) is 5.82 Å². The van der Waals surface area contributed by atoms with Crippen LogP contribution in [0.25, 0.3) is 0 Å². The molecule has 18 heavy (non-hydrogen) atoms. The van der Waals surface area contributed by atoms with Crippen molar-refractivity contribution in [1.29, 1.82) is 0 Å². The summed E-state index contributed by atoms with van der Waals surface area (Å²) in [5.74, 6) is -2.25. The first-order chi connectivity index (χ1) is 8.43. The molecule has 0 fully saturated rings. The average molecular weight is 317 g/mol. The summed E-state index contributed by atoms with van der Waals surface area (Å²) in [5.41, 5.74) is -0.0255. The van der Waals surface area contributed by atoms with Crippen molar-refractivity contribution in [3.05, 3.63) is 28.5 Å². The molecule has 0 aliphatic carbocycles. The van der Waals surface area contributed by atoms with Crippen molar-refractivity contribution in [2.75, 3.05) is 5.32 Å². The van der Waals surface area contributed by atoms with Gasteiger partial charge in [-0.05, 0) is 31.5 Å². The molecule has 0 saturated heterocycles. The van der Waals surface area contributed by atoms with Crippen molar-refractivity contribution in [2.45, 2.75) is 26.3 Å². The first kappa shape index (κ1) is 14.6. The number of anilines is 1. The highest BCUT2D eigenvalue weighted by atomic mass is 79.9. The lowest BCUT2D eigenvalue weighted by atomic mass is 10.2. The Kier molecular flexibility index (Phi) is 5.27. The van der Waals surface area contributed by atoms with Crippen LogP contribution in [0.1, 0.15) is 20.3 Å². The highest BCUT2D eigenvalue weighted by Gasteiger charge is 2.16. The zero-order valence-corrected chi connectivity index (χ0v) is 11.7. The van der Waals surface area contributed by atoms with E-state index in [4.69, 9.17) is 0 Å². The van der Waals surface area contributed by atoms with E-state index in [1.54, 1.807) is 13.0 Å². The summed E-state index contributed by atoms with van der Waals surface area (Å²) in [6.45, 7) is 3.67. The molecule has 0 aromatic heterocycles. The molecule has 0 unspecified atom stereocenters. The van der Waals surface area contributed by atoms with Gasteiger partial charge in [-0.15, -0.1) is 0 Å². The van der Waals surface area contributed by atoms with Crippen LogP contribution in [0.2, 0.25) is 0 Å². The molecular weight excluding hydrogens is 303 g/mol. The van der Waals surface area contributed by atoms with E-state index in [-0.39, 0.29) is 11.7 Å². The maximum Gasteiger partial charge on any atom is 0.313 e. The standard InChI is InChI=1S/C12H14BrFN2O2/c1-3-7(2)15-11(17)12(18)16-10-5-4-8(13)6-9(10)14/h4-7H,3H2,1-2H3,(H,15,17)(H,16,18)/t7-/m1/s1. The Hall–Kier alpha value is -1.43. The first-order valence-corrected chi connectivity index (χ1v) is 6.30. The lowest BCUT2D eigenvalue weighted by molar-refractivity contribution is -0.136. The van der Waals surface area contributed by atoms with Gasteiger partial charge in [0.05, 0.1) is 5.69 Å². The lowest BCUT2D eigenvalue weighted by Gasteiger charge is -2.11. The normalized spacial score (nSPS) is 11.8. The van der Waals surface area contributed by atoms with Crippen molar-refractivity contribution < 1.29 is 14.0 Å². The number of halogens is 2. The molecule has 1 aromatic carbocycles. The number of hydrogen-bond acceptors (Lipinski definition) is 2. The molecular formula is C12H14BrFN2O2. The molecule has 98 valence electrons. The van der Waals surface area contributed by atoms with Crippen molar-refractivity contribution in [1.82, 2.24) is 5.32 Å². The van der Waals surface area contributed by atoms with E-state index < -0.39 is 17.6 Å². The van der Waals surface area contributed by atoms with Gasteiger partial charge in [-0.2, -0.15) is 0 Å². The Labute approximate surface area is 113 Å². The fraction of sp³-hybridized carbons (Fsp3) is 0.333. The maximum absolute atomic E-state index is 13.4. The predicted molar refractivity (Wildman–Crippen MR) is 70.6 cm³/mol. The smallest absolute Gasteiger partial charge is 0.313 e. The highest BCUT2D eigenvalue weighted by Crippen LogP contribution is 2.19. The predicted octanol–water partition coefficient (Wildman–Crippen LogP) is 2.44. The number of carbonyl (C=O) groups excluding carboxylic acids is 2. The third-order valence-corrected chi connectivity index (χ3v) is 2.87. The number of rotatable bonds is 3. The molecule has 4 nitrogen and oxygen atoms in total. The van der Waals surface area contributed by atoms with Crippen molar-refractivity contribution in [2.24, 2.45) is 0 Å². The summed E-state index contributed by atoms with van der Waals surface area (Å²) in [5, 5.41) is 4.72. The van der Waals surface area contributed by atoms with E-state index in [0.29, 0.717) is 10.9 Å². The van der Waals surface area contributed by atoms with E-state index in [9.17, 15) is 14.0 Å². The monoisotopic (exact) mass is 316 g/mol. The second-order valence-corrected chi connectivity index (χ2v) is 4.78. The molecule has 1 aromatic rings. The van der Waals surface area contributed by atoms with Gasteiger partial charge in [0.2, 0.25) is 0 Å². The van der Waals surface area contributed by atoms with Crippen molar-refractivity contribution in [3.8, 4) is 0 Å². The summed E-state index contributed by atoms with van der Waals surface area (Å²) < 4.78 is 14.0. The summed E-state index contributed by atoms with van der Waals surface area (Å²) in [6.07, 6.45) is 0.714. The molecule has 2 N–H and O–H groups in total. The lowest BCUT2D eigenvalue weighted by Crippen LogP contribution is -2.40. The van der Waals surface area contributed by atoms with Crippen LogP contribution in [0.3, 0.4) is 0 Å². The van der Waals surface area contributed by atoms with Gasteiger partial charge in [-0.25, -0.2) is 4.39 Å². The molecule has 0 aliphatic rings. The van der Waals surface area contributed by atoms with Gasteiger partial charge >= 0.3 is 11.8 Å². The molecule has 0 saturated carbocycles. The molecule has 1 rings (SSSR count). The molecule has 2 amide bonds. The first-order valence-electron chi connectivity index (χ1n) is 5.51. The molecule has 6 heteroatoms. The average Bonchev–Trinajstić information content (AvgIpc) is 2.32. The largest absolute Gasteiger partial charge is 0.345 e. The van der Waals surface area contributed by atoms with Gasteiger partial charge < -0.3 is 10.6 Å². The summed E-state index contributed by atoms with van der Waals surface area (Å²) in [6, 6.07) is 4.07. The van der Waals surface area contributed by atoms with Gasteiger partial charge in [-0.1, -0.05) is 22.9 Å². The van der Waals surface area contributed by atoms with Gasteiger partial charge in [0.25, 0.3) is 0 Å². The maximum atomic E-state index is 13.4. The van der Waals surface area contributed by atoms with Crippen LogP contribution in [-0.2, 0) is 9.59 Å². The van der Waals surface area contributed by atoms with Crippen LogP contribution in [0.4, 0.5) is 10.1 Å². The number of hydrogen-bond donors (Lipinski definition) is 2. The number of amides is 2. The quantitative estimate of drug-likeness (QED) is 0.841. The van der Waals surface area contributed by atoms with Crippen LogP contribution < -0.4 is 10.6 Å². The second-order valence-electron chi connectivity index (χ2n) is 3.86. The minimum atomic E-state index is -0.878. The van der Waals surface area contributed by atoms with E-state index in [1.165, 1.54) is 12.1 Å². The van der Waals surface area contributed by atoms with E-state index in [2.05, 4.69) is 26.6 Å². The molecule has 1 atom stereocenters. The Balaban J connectivity index is 2.67. The zero-order chi connectivity index (χ0) is 13.7. The number of nitrogens with one attached hydrogen (secondary N) is 2. The van der Waals surface area contributed by atoms with Crippen LogP contribution >= 0.6 is 15.9 Å². The second kappa shape index (κ2) is 6.49. The minimum Gasteiger partial charge on any atom is -0.345 e. The Morgan fingerprint density at radius 1 is 1.39 bits per heavy atom. The van der Waals surface area contributed by atoms with Gasteiger partial charge in [0.15, 0.2) is 0 Å². The van der Waals surface area contributed by atoms with Gasteiger partial charge in [0, 0.05) is 10.5 Å². The zero-order valence-electron chi connectivity index (χ0n) is 10.1. The van der Waals surface area contributed by atoms with Gasteiger partial charge in [-0.3, -0.25) is 9.59 Å². The van der Waals surface area contributed by atoms with Crippen LogP contribution in [-0.4, -0.2) is 17.9 Å². The van der Waals surface area contributed by atoms with Crippen LogP contribution in [0.15, 0.2) is 22.7 Å². The molecule has 0 spiro atoms. The molecule has 0 heterocycles. The van der Waals surface area contributed by atoms with E-state index in [1.807, 2.05) is 6.92 Å². The van der Waals surface area contributed by atoms with E-state index in [0.717, 1.165) is 0 Å². The minimum absolute atomic E-state index is 0.0255. The third-order valence-electron chi connectivity index (χ3n) is 2.38. The van der Waals surface area contributed by atoms with Crippen molar-refractivity contribution >= 4 is 33.4 Å². The SMILES string of the molecule is CC[C@@H](C)NC(=O)C(=O)Nc1ccc(Br)cc1F. The Bertz CT molecular complexity index is 465. The topological polar surface area (TPSA) is 58.2 Å². The molecule has 0 bridgehead atoms. The third kappa shape index (κ3) is 4.10. The number of benzene rings is 1. The molecule has 0 radical (unpaired) electrons.